The molecule has 1 atom stereocenters. The molecule has 118 valence electrons. The molecule has 0 amide bonds. The first-order chi connectivity index (χ1) is 9.87. The van der Waals surface area contributed by atoms with Gasteiger partial charge in [0.05, 0.1) is 11.5 Å². The van der Waals surface area contributed by atoms with Gasteiger partial charge in [-0.2, -0.15) is 4.31 Å². The van der Waals surface area contributed by atoms with Crippen molar-refractivity contribution < 1.29 is 13.2 Å². The largest absolute Gasteiger partial charge is 0.494 e. The van der Waals surface area contributed by atoms with Crippen molar-refractivity contribution in [3.8, 4) is 5.75 Å². The lowest BCUT2D eigenvalue weighted by atomic mass is 10.1. The van der Waals surface area contributed by atoms with Crippen LogP contribution >= 0.6 is 0 Å². The van der Waals surface area contributed by atoms with Crippen LogP contribution in [0.2, 0.25) is 0 Å². The zero-order valence-corrected chi connectivity index (χ0v) is 14.2. The molecule has 0 aromatic heterocycles. The number of benzene rings is 1. The van der Waals surface area contributed by atoms with Crippen molar-refractivity contribution in [3.63, 3.8) is 0 Å². The van der Waals surface area contributed by atoms with E-state index in [1.807, 2.05) is 33.8 Å². The quantitative estimate of drug-likeness (QED) is 0.857. The molecule has 1 aromatic carbocycles. The fourth-order valence-electron chi connectivity index (χ4n) is 2.91. The Labute approximate surface area is 128 Å². The van der Waals surface area contributed by atoms with Crippen molar-refractivity contribution in [1.29, 1.82) is 0 Å². The average Bonchev–Trinajstić information content (AvgIpc) is 2.43. The van der Waals surface area contributed by atoms with Gasteiger partial charge in [-0.3, -0.25) is 0 Å². The van der Waals surface area contributed by atoms with Crippen LogP contribution in [0.4, 0.5) is 0 Å². The highest BCUT2D eigenvalue weighted by Crippen LogP contribution is 2.31. The van der Waals surface area contributed by atoms with E-state index in [9.17, 15) is 8.42 Å². The molecular formula is C16H25NO3S. The Kier molecular flexibility index (Phi) is 4.94. The van der Waals surface area contributed by atoms with E-state index in [-0.39, 0.29) is 6.04 Å². The first kappa shape index (κ1) is 16.3. The Morgan fingerprint density at radius 1 is 1.24 bits per heavy atom. The lowest BCUT2D eigenvalue weighted by Crippen LogP contribution is -2.42. The molecule has 0 radical (unpaired) electrons. The van der Waals surface area contributed by atoms with Crippen molar-refractivity contribution in [2.75, 3.05) is 13.2 Å². The van der Waals surface area contributed by atoms with Crippen LogP contribution in [-0.4, -0.2) is 31.9 Å². The van der Waals surface area contributed by atoms with Gasteiger partial charge in [0, 0.05) is 12.6 Å². The highest BCUT2D eigenvalue weighted by molar-refractivity contribution is 7.89. The van der Waals surface area contributed by atoms with E-state index in [1.54, 1.807) is 10.4 Å². The number of sulfonamides is 1. The molecule has 5 heteroatoms. The standard InChI is InChI=1S/C16H25NO3S/c1-5-20-15-10-13(3)16(11-12(15)2)21(18,19)17-9-7-6-8-14(17)4/h10-11,14H,5-9H2,1-4H3/t14-/m1/s1. The van der Waals surface area contributed by atoms with Crippen LogP contribution in [0.15, 0.2) is 17.0 Å². The molecule has 4 nitrogen and oxygen atoms in total. The smallest absolute Gasteiger partial charge is 0.243 e. The van der Waals surface area contributed by atoms with Crippen molar-refractivity contribution >= 4 is 10.0 Å². The summed E-state index contributed by atoms with van der Waals surface area (Å²) in [6.07, 6.45) is 2.99. The zero-order valence-electron chi connectivity index (χ0n) is 13.3. The second-order valence-electron chi connectivity index (χ2n) is 5.78. The number of aryl methyl sites for hydroxylation is 2. The number of rotatable bonds is 4. The summed E-state index contributed by atoms with van der Waals surface area (Å²) < 4.78 is 33.0. The predicted molar refractivity (Wildman–Crippen MR) is 84.3 cm³/mol. The first-order valence-electron chi connectivity index (χ1n) is 7.63. The summed E-state index contributed by atoms with van der Waals surface area (Å²) in [5.41, 5.74) is 1.62. The zero-order chi connectivity index (χ0) is 15.6. The maximum Gasteiger partial charge on any atom is 0.243 e. The second kappa shape index (κ2) is 6.36. The van der Waals surface area contributed by atoms with E-state index in [4.69, 9.17) is 4.74 Å². The molecule has 1 aliphatic heterocycles. The van der Waals surface area contributed by atoms with Gasteiger partial charge in [-0.15, -0.1) is 0 Å². The highest BCUT2D eigenvalue weighted by atomic mass is 32.2. The number of hydrogen-bond donors (Lipinski definition) is 0. The minimum atomic E-state index is -3.42. The molecule has 0 aliphatic carbocycles. The highest BCUT2D eigenvalue weighted by Gasteiger charge is 2.32. The summed E-state index contributed by atoms with van der Waals surface area (Å²) in [5.74, 6) is 0.764. The molecule has 1 aliphatic rings. The molecule has 1 aromatic rings. The maximum atomic E-state index is 12.9. The molecule has 2 rings (SSSR count). The van der Waals surface area contributed by atoms with Gasteiger partial charge in [0.2, 0.25) is 10.0 Å². The fourth-order valence-corrected chi connectivity index (χ4v) is 4.90. The van der Waals surface area contributed by atoms with Gasteiger partial charge in [-0.1, -0.05) is 6.42 Å². The normalized spacial score (nSPS) is 20.5. The van der Waals surface area contributed by atoms with Gasteiger partial charge in [-0.25, -0.2) is 8.42 Å². The predicted octanol–water partition coefficient (Wildman–Crippen LogP) is 3.27. The molecule has 0 bridgehead atoms. The van der Waals surface area contributed by atoms with Crippen LogP contribution in [0.5, 0.6) is 5.75 Å². The third-order valence-electron chi connectivity index (χ3n) is 4.10. The van der Waals surface area contributed by atoms with Gasteiger partial charge in [0.15, 0.2) is 0 Å². The first-order valence-corrected chi connectivity index (χ1v) is 9.07. The third kappa shape index (κ3) is 3.24. The minimum absolute atomic E-state index is 0.0787. The summed E-state index contributed by atoms with van der Waals surface area (Å²) in [4.78, 5) is 0.414. The van der Waals surface area contributed by atoms with Crippen molar-refractivity contribution in [2.24, 2.45) is 0 Å². The Balaban J connectivity index is 2.42. The van der Waals surface area contributed by atoms with Crippen LogP contribution < -0.4 is 4.74 Å². The molecule has 0 unspecified atom stereocenters. The van der Waals surface area contributed by atoms with E-state index in [0.29, 0.717) is 18.0 Å². The Hall–Kier alpha value is -1.07. The van der Waals surface area contributed by atoms with Crippen molar-refractivity contribution in [2.45, 2.75) is 57.9 Å². The fraction of sp³-hybridized carbons (Fsp3) is 0.625. The summed E-state index contributed by atoms with van der Waals surface area (Å²) in [7, 11) is -3.42. The average molecular weight is 311 g/mol. The van der Waals surface area contributed by atoms with E-state index in [2.05, 4.69) is 0 Å². The Morgan fingerprint density at radius 3 is 2.57 bits per heavy atom. The Bertz CT molecular complexity index is 610. The van der Waals surface area contributed by atoms with Crippen LogP contribution in [-0.2, 0) is 10.0 Å². The molecule has 1 heterocycles. The molecule has 0 N–H and O–H groups in total. The van der Waals surface area contributed by atoms with Gasteiger partial charge in [0.25, 0.3) is 0 Å². The Morgan fingerprint density at radius 2 is 1.95 bits per heavy atom. The molecule has 0 saturated carbocycles. The van der Waals surface area contributed by atoms with Crippen molar-refractivity contribution in [1.82, 2.24) is 4.31 Å². The topological polar surface area (TPSA) is 46.6 Å². The van der Waals surface area contributed by atoms with Crippen LogP contribution in [0, 0.1) is 13.8 Å². The van der Waals surface area contributed by atoms with E-state index >= 15 is 0 Å². The third-order valence-corrected chi connectivity index (χ3v) is 6.26. The SMILES string of the molecule is CCOc1cc(C)c(S(=O)(=O)N2CCCC[C@H]2C)cc1C. The molecular weight excluding hydrogens is 286 g/mol. The van der Waals surface area contributed by atoms with Crippen LogP contribution in [0.3, 0.4) is 0 Å². The number of ether oxygens (including phenoxy) is 1. The van der Waals surface area contributed by atoms with E-state index in [0.717, 1.165) is 36.1 Å². The van der Waals surface area contributed by atoms with Gasteiger partial charge >= 0.3 is 0 Å². The van der Waals surface area contributed by atoms with Crippen LogP contribution in [0.25, 0.3) is 0 Å². The summed E-state index contributed by atoms with van der Waals surface area (Å²) in [6.45, 7) is 8.85. The van der Waals surface area contributed by atoms with Crippen LogP contribution in [0.1, 0.15) is 44.2 Å². The molecule has 1 saturated heterocycles. The van der Waals surface area contributed by atoms with Gasteiger partial charge in [-0.05, 0) is 63.8 Å². The monoisotopic (exact) mass is 311 g/mol. The van der Waals surface area contributed by atoms with Gasteiger partial charge in [0.1, 0.15) is 5.75 Å². The molecule has 1 fully saturated rings. The molecule has 21 heavy (non-hydrogen) atoms. The number of piperidine rings is 1. The van der Waals surface area contributed by atoms with E-state index in [1.165, 1.54) is 0 Å². The number of nitrogens with zero attached hydrogens (tertiary/aromatic N) is 1. The summed E-state index contributed by atoms with van der Waals surface area (Å²) in [5, 5.41) is 0. The lowest BCUT2D eigenvalue weighted by molar-refractivity contribution is 0.268. The van der Waals surface area contributed by atoms with E-state index < -0.39 is 10.0 Å². The van der Waals surface area contributed by atoms with Gasteiger partial charge < -0.3 is 4.74 Å². The second-order valence-corrected chi connectivity index (χ2v) is 7.64. The summed E-state index contributed by atoms with van der Waals surface area (Å²) >= 11 is 0. The maximum absolute atomic E-state index is 12.9. The molecule has 0 spiro atoms. The number of hydrogen-bond acceptors (Lipinski definition) is 3. The van der Waals surface area contributed by atoms with Crippen molar-refractivity contribution in [3.05, 3.63) is 23.3 Å². The minimum Gasteiger partial charge on any atom is -0.494 e. The summed E-state index contributed by atoms with van der Waals surface area (Å²) in [6, 6.07) is 3.66. The lowest BCUT2D eigenvalue weighted by Gasteiger charge is -2.32.